The van der Waals surface area contributed by atoms with Gasteiger partial charge in [0.25, 0.3) is 0 Å². The second kappa shape index (κ2) is 5.67. The Bertz CT molecular complexity index is 425. The zero-order chi connectivity index (χ0) is 13.0. The molecule has 1 aromatic heterocycles. The smallest absolute Gasteiger partial charge is 0.328 e. The summed E-state index contributed by atoms with van der Waals surface area (Å²) in [4.78, 5) is 19.2. The number of hydrogen-bond donors (Lipinski definition) is 2. The van der Waals surface area contributed by atoms with E-state index < -0.39 is 6.04 Å². The number of nitrogen functional groups attached to an aromatic ring is 1. The number of ether oxygens (including phenoxy) is 1. The van der Waals surface area contributed by atoms with Crippen molar-refractivity contribution in [3.63, 3.8) is 0 Å². The first-order valence-electron chi connectivity index (χ1n) is 5.18. The predicted octanol–water partition coefficient (Wildman–Crippen LogP) is 1.38. The van der Waals surface area contributed by atoms with Crippen LogP contribution in [0.3, 0.4) is 0 Å². The highest BCUT2D eigenvalue weighted by Crippen LogP contribution is 2.21. The van der Waals surface area contributed by atoms with E-state index in [1.54, 1.807) is 20.8 Å². The fraction of sp³-hybridized carbons (Fsp3) is 0.500. The molecule has 1 aromatic rings. The van der Waals surface area contributed by atoms with Gasteiger partial charge < -0.3 is 15.8 Å². The maximum atomic E-state index is 11.4. The number of nitrogens with two attached hydrogens (primary N) is 1. The molecule has 0 fully saturated rings. The Morgan fingerprint density at radius 3 is 2.82 bits per heavy atom. The van der Waals surface area contributed by atoms with Gasteiger partial charge >= 0.3 is 5.97 Å². The fourth-order valence-corrected chi connectivity index (χ4v) is 1.40. The van der Waals surface area contributed by atoms with Crippen LogP contribution < -0.4 is 11.1 Å². The van der Waals surface area contributed by atoms with E-state index in [1.165, 1.54) is 0 Å². The minimum atomic E-state index is -0.553. The number of nitrogens with one attached hydrogen (secondary N) is 1. The van der Waals surface area contributed by atoms with Crippen LogP contribution in [-0.2, 0) is 9.53 Å². The molecule has 0 aliphatic rings. The molecule has 3 N–H and O–H groups in total. The molecule has 0 aliphatic carbocycles. The number of halogens is 1. The lowest BCUT2D eigenvalue weighted by atomic mass is 10.3. The Kier molecular flexibility index (Phi) is 4.51. The molecule has 0 bridgehead atoms. The van der Waals surface area contributed by atoms with Crippen molar-refractivity contribution < 1.29 is 9.53 Å². The SMILES string of the molecule is CCOC(=O)C(C)Nc1nc(Cl)nc(C)c1N. The normalized spacial score (nSPS) is 12.0. The van der Waals surface area contributed by atoms with Crippen LogP contribution in [0.5, 0.6) is 0 Å². The summed E-state index contributed by atoms with van der Waals surface area (Å²) in [7, 11) is 0. The molecule has 6 nitrogen and oxygen atoms in total. The van der Waals surface area contributed by atoms with Crippen LogP contribution >= 0.6 is 11.6 Å². The van der Waals surface area contributed by atoms with Crippen molar-refractivity contribution in [1.82, 2.24) is 9.97 Å². The summed E-state index contributed by atoms with van der Waals surface area (Å²) in [5, 5.41) is 2.92. The van der Waals surface area contributed by atoms with Crippen molar-refractivity contribution in [2.24, 2.45) is 0 Å². The fourth-order valence-electron chi connectivity index (χ4n) is 1.19. The number of nitrogens with zero attached hydrogens (tertiary/aromatic N) is 2. The first-order valence-corrected chi connectivity index (χ1v) is 5.56. The van der Waals surface area contributed by atoms with Gasteiger partial charge in [0.1, 0.15) is 6.04 Å². The molecule has 17 heavy (non-hydrogen) atoms. The Morgan fingerprint density at radius 1 is 1.59 bits per heavy atom. The first-order chi connectivity index (χ1) is 7.95. The predicted molar refractivity (Wildman–Crippen MR) is 65.9 cm³/mol. The summed E-state index contributed by atoms with van der Waals surface area (Å²) < 4.78 is 4.86. The second-order valence-corrected chi connectivity index (χ2v) is 3.80. The van der Waals surface area contributed by atoms with E-state index in [9.17, 15) is 4.79 Å². The van der Waals surface area contributed by atoms with Crippen LogP contribution in [0.15, 0.2) is 0 Å². The summed E-state index contributed by atoms with van der Waals surface area (Å²) >= 11 is 5.71. The summed E-state index contributed by atoms with van der Waals surface area (Å²) in [6, 6.07) is -0.553. The van der Waals surface area contributed by atoms with Gasteiger partial charge in [-0.05, 0) is 32.4 Å². The summed E-state index contributed by atoms with van der Waals surface area (Å²) in [6.45, 7) is 5.43. The molecular weight excluding hydrogens is 244 g/mol. The maximum Gasteiger partial charge on any atom is 0.328 e. The molecule has 7 heteroatoms. The van der Waals surface area contributed by atoms with E-state index in [0.29, 0.717) is 23.8 Å². The number of hydrogen-bond acceptors (Lipinski definition) is 6. The van der Waals surface area contributed by atoms with Crippen LogP contribution in [0.4, 0.5) is 11.5 Å². The molecule has 1 heterocycles. The van der Waals surface area contributed by atoms with Crippen molar-refractivity contribution in [2.75, 3.05) is 17.7 Å². The molecule has 1 unspecified atom stereocenters. The van der Waals surface area contributed by atoms with E-state index in [2.05, 4.69) is 15.3 Å². The van der Waals surface area contributed by atoms with Crippen LogP contribution in [0, 0.1) is 6.92 Å². The number of aromatic nitrogens is 2. The molecule has 0 radical (unpaired) electrons. The topological polar surface area (TPSA) is 90.1 Å². The Morgan fingerprint density at radius 2 is 2.24 bits per heavy atom. The minimum Gasteiger partial charge on any atom is -0.464 e. The first kappa shape index (κ1) is 13.5. The molecule has 0 aliphatic heterocycles. The van der Waals surface area contributed by atoms with Gasteiger partial charge in [0, 0.05) is 0 Å². The molecule has 94 valence electrons. The highest BCUT2D eigenvalue weighted by atomic mass is 35.5. The summed E-state index contributed by atoms with van der Waals surface area (Å²) in [5.41, 5.74) is 6.70. The lowest BCUT2D eigenvalue weighted by molar-refractivity contribution is -0.143. The molecule has 0 saturated carbocycles. The monoisotopic (exact) mass is 258 g/mol. The van der Waals surface area contributed by atoms with Crippen LogP contribution in [0.2, 0.25) is 5.28 Å². The third kappa shape index (κ3) is 3.45. The molecule has 1 atom stereocenters. The van der Waals surface area contributed by atoms with Gasteiger partial charge in [0.05, 0.1) is 18.0 Å². The number of esters is 1. The lowest BCUT2D eigenvalue weighted by Gasteiger charge is -2.15. The highest BCUT2D eigenvalue weighted by Gasteiger charge is 2.17. The third-order valence-electron chi connectivity index (χ3n) is 2.10. The van der Waals surface area contributed by atoms with E-state index in [1.807, 2.05) is 0 Å². The molecule has 0 spiro atoms. The zero-order valence-corrected chi connectivity index (χ0v) is 10.7. The van der Waals surface area contributed by atoms with Gasteiger partial charge in [-0.1, -0.05) is 0 Å². The standard InChI is InChI=1S/C10H15ClN4O2/c1-4-17-9(16)6(3)13-8-7(12)5(2)14-10(11)15-8/h6H,4,12H2,1-3H3,(H,13,14,15). The maximum absolute atomic E-state index is 11.4. The van der Waals surface area contributed by atoms with Gasteiger partial charge in [-0.2, -0.15) is 4.98 Å². The van der Waals surface area contributed by atoms with Crippen molar-refractivity contribution in [3.05, 3.63) is 11.0 Å². The Balaban J connectivity index is 2.84. The average Bonchev–Trinajstić information content (AvgIpc) is 2.25. The van der Waals surface area contributed by atoms with Gasteiger partial charge in [-0.15, -0.1) is 0 Å². The summed E-state index contributed by atoms with van der Waals surface area (Å²) in [6.07, 6.45) is 0. The van der Waals surface area contributed by atoms with Crippen molar-refractivity contribution >= 4 is 29.1 Å². The van der Waals surface area contributed by atoms with Gasteiger partial charge in [-0.3, -0.25) is 0 Å². The molecule has 0 saturated heterocycles. The van der Waals surface area contributed by atoms with E-state index >= 15 is 0 Å². The van der Waals surface area contributed by atoms with Crippen LogP contribution in [0.1, 0.15) is 19.5 Å². The number of carbonyl (C=O) groups excluding carboxylic acids is 1. The Hall–Kier alpha value is -1.56. The highest BCUT2D eigenvalue weighted by molar-refractivity contribution is 6.28. The van der Waals surface area contributed by atoms with Gasteiger partial charge in [0.2, 0.25) is 5.28 Å². The quantitative estimate of drug-likeness (QED) is 0.626. The Labute approximate surface area is 105 Å². The largest absolute Gasteiger partial charge is 0.464 e. The van der Waals surface area contributed by atoms with Crippen molar-refractivity contribution in [3.8, 4) is 0 Å². The van der Waals surface area contributed by atoms with Crippen LogP contribution in [-0.4, -0.2) is 28.6 Å². The van der Waals surface area contributed by atoms with Crippen LogP contribution in [0.25, 0.3) is 0 Å². The lowest BCUT2D eigenvalue weighted by Crippen LogP contribution is -2.29. The number of aryl methyl sites for hydroxylation is 1. The van der Waals surface area contributed by atoms with Crippen molar-refractivity contribution in [1.29, 1.82) is 0 Å². The second-order valence-electron chi connectivity index (χ2n) is 3.46. The van der Waals surface area contributed by atoms with Crippen molar-refractivity contribution in [2.45, 2.75) is 26.8 Å². The van der Waals surface area contributed by atoms with E-state index in [0.717, 1.165) is 0 Å². The zero-order valence-electron chi connectivity index (χ0n) is 9.95. The minimum absolute atomic E-state index is 0.0789. The average molecular weight is 259 g/mol. The molecular formula is C10H15ClN4O2. The van der Waals surface area contributed by atoms with Gasteiger partial charge in [0.15, 0.2) is 5.82 Å². The van der Waals surface area contributed by atoms with Gasteiger partial charge in [-0.25, -0.2) is 9.78 Å². The molecule has 1 rings (SSSR count). The number of anilines is 2. The molecule has 0 amide bonds. The number of carbonyl (C=O) groups is 1. The number of rotatable bonds is 4. The van der Waals surface area contributed by atoms with E-state index in [4.69, 9.17) is 22.1 Å². The summed E-state index contributed by atoms with van der Waals surface area (Å²) in [5.74, 6) is -0.0395. The third-order valence-corrected chi connectivity index (χ3v) is 2.27. The van der Waals surface area contributed by atoms with E-state index in [-0.39, 0.29) is 11.3 Å². The molecule has 0 aromatic carbocycles.